The van der Waals surface area contributed by atoms with Crippen LogP contribution in [0.3, 0.4) is 0 Å². The maximum absolute atomic E-state index is 6.11. The first-order valence-electron chi connectivity index (χ1n) is 9.88. The van der Waals surface area contributed by atoms with Crippen molar-refractivity contribution in [3.05, 3.63) is 59.4 Å². The van der Waals surface area contributed by atoms with Crippen molar-refractivity contribution < 1.29 is 8.94 Å². The van der Waals surface area contributed by atoms with Crippen molar-refractivity contribution in [2.75, 3.05) is 0 Å². The molecule has 2 aromatic heterocycles. The minimum atomic E-state index is 0.590. The number of benzene rings is 1. The molecular weight excluding hydrogens is 338 g/mol. The summed E-state index contributed by atoms with van der Waals surface area (Å²) >= 11 is 0. The lowest BCUT2D eigenvalue weighted by molar-refractivity contribution is 0.194. The predicted octanol–water partition coefficient (Wildman–Crippen LogP) is 4.93. The number of nitrogens with zero attached hydrogens (tertiary/aromatic N) is 3. The van der Waals surface area contributed by atoms with Crippen LogP contribution in [-0.4, -0.2) is 21.1 Å². The van der Waals surface area contributed by atoms with Crippen LogP contribution in [0.15, 0.2) is 45.3 Å². The molecule has 0 bridgehead atoms. The molecule has 2 heterocycles. The van der Waals surface area contributed by atoms with Crippen molar-refractivity contribution in [2.24, 2.45) is 5.92 Å². The molecule has 1 aromatic carbocycles. The molecule has 5 rings (SSSR count). The summed E-state index contributed by atoms with van der Waals surface area (Å²) < 4.78 is 11.7. The van der Waals surface area contributed by atoms with E-state index in [1.54, 1.807) is 0 Å². The molecule has 2 aliphatic carbocycles. The van der Waals surface area contributed by atoms with Crippen LogP contribution in [0.25, 0.3) is 11.4 Å². The van der Waals surface area contributed by atoms with Crippen molar-refractivity contribution in [3.8, 4) is 11.4 Å². The lowest BCUT2D eigenvalue weighted by Crippen LogP contribution is -2.25. The maximum atomic E-state index is 6.11. The van der Waals surface area contributed by atoms with Gasteiger partial charge in [0.25, 0.3) is 0 Å². The van der Waals surface area contributed by atoms with E-state index < -0.39 is 0 Å². The summed E-state index contributed by atoms with van der Waals surface area (Å²) in [6, 6.07) is 13.0. The van der Waals surface area contributed by atoms with Gasteiger partial charge in [-0.05, 0) is 49.8 Å². The van der Waals surface area contributed by atoms with Crippen LogP contribution < -0.4 is 0 Å². The Balaban J connectivity index is 1.29. The molecule has 0 N–H and O–H groups in total. The molecule has 2 saturated carbocycles. The third-order valence-corrected chi connectivity index (χ3v) is 5.77. The third kappa shape index (κ3) is 3.56. The number of hydrogen-bond donors (Lipinski definition) is 0. The molecule has 2 atom stereocenters. The first-order chi connectivity index (χ1) is 13.2. The highest BCUT2D eigenvalue weighted by atomic mass is 16.5. The monoisotopic (exact) mass is 363 g/mol. The highest BCUT2D eigenvalue weighted by Crippen LogP contribution is 2.47. The summed E-state index contributed by atoms with van der Waals surface area (Å²) in [6.45, 7) is 5.81. The molecule has 0 amide bonds. The maximum Gasteiger partial charge on any atom is 0.241 e. The van der Waals surface area contributed by atoms with Crippen LogP contribution in [0.5, 0.6) is 0 Å². The second kappa shape index (κ2) is 6.64. The lowest BCUT2D eigenvalue weighted by Gasteiger charge is -2.18. The van der Waals surface area contributed by atoms with Crippen molar-refractivity contribution >= 4 is 0 Å². The molecule has 0 spiro atoms. The van der Waals surface area contributed by atoms with E-state index in [0.29, 0.717) is 30.2 Å². The molecule has 5 heteroatoms. The van der Waals surface area contributed by atoms with Crippen LogP contribution in [0.4, 0.5) is 0 Å². The van der Waals surface area contributed by atoms with E-state index in [9.17, 15) is 0 Å². The molecule has 0 radical (unpaired) electrons. The van der Waals surface area contributed by atoms with Crippen LogP contribution >= 0.6 is 0 Å². The van der Waals surface area contributed by atoms with E-state index in [1.165, 1.54) is 19.3 Å². The average molecular weight is 363 g/mol. The highest BCUT2D eigenvalue weighted by Gasteiger charge is 2.37. The lowest BCUT2D eigenvalue weighted by atomic mass is 10.1. The fourth-order valence-electron chi connectivity index (χ4n) is 3.78. The largest absolute Gasteiger partial charge is 0.464 e. The summed E-state index contributed by atoms with van der Waals surface area (Å²) in [7, 11) is 0. The first kappa shape index (κ1) is 16.8. The van der Waals surface area contributed by atoms with Gasteiger partial charge in [0.2, 0.25) is 11.7 Å². The summed E-state index contributed by atoms with van der Waals surface area (Å²) in [6.07, 6.45) is 3.71. The molecule has 140 valence electrons. The summed E-state index contributed by atoms with van der Waals surface area (Å²) in [4.78, 5) is 7.03. The minimum Gasteiger partial charge on any atom is -0.464 e. The summed E-state index contributed by atoms with van der Waals surface area (Å²) in [5.74, 6) is 4.91. The van der Waals surface area contributed by atoms with Gasteiger partial charge in [0, 0.05) is 17.5 Å². The quantitative estimate of drug-likeness (QED) is 0.596. The SMILES string of the molecule is Cc1ccccc1-c1noc(CN(Cc2ccc(C3CC3C)o2)C2CC2)n1. The topological polar surface area (TPSA) is 55.3 Å². The Morgan fingerprint density at radius 3 is 2.67 bits per heavy atom. The Kier molecular flexibility index (Phi) is 4.12. The molecule has 5 nitrogen and oxygen atoms in total. The van der Waals surface area contributed by atoms with E-state index in [0.717, 1.165) is 35.1 Å². The van der Waals surface area contributed by atoms with Crippen LogP contribution in [0, 0.1) is 12.8 Å². The smallest absolute Gasteiger partial charge is 0.241 e. The van der Waals surface area contributed by atoms with Crippen LogP contribution in [-0.2, 0) is 13.1 Å². The third-order valence-electron chi connectivity index (χ3n) is 5.77. The second-order valence-corrected chi connectivity index (χ2v) is 8.09. The normalized spacial score (nSPS) is 21.7. The van der Waals surface area contributed by atoms with Gasteiger partial charge in [-0.25, -0.2) is 0 Å². The Labute approximate surface area is 159 Å². The molecule has 27 heavy (non-hydrogen) atoms. The standard InChI is InChI=1S/C22H25N3O2/c1-14-5-3-4-6-18(14)22-23-21(27-24-22)13-25(16-7-8-16)12-17-9-10-20(26-17)19-11-15(19)2/h3-6,9-10,15-16,19H,7-8,11-13H2,1-2H3. The Morgan fingerprint density at radius 1 is 1.11 bits per heavy atom. The number of furan rings is 1. The van der Waals surface area contributed by atoms with Crippen molar-refractivity contribution in [1.82, 2.24) is 15.0 Å². The zero-order valence-corrected chi connectivity index (χ0v) is 15.9. The van der Waals surface area contributed by atoms with E-state index >= 15 is 0 Å². The number of rotatable bonds is 7. The van der Waals surface area contributed by atoms with E-state index in [-0.39, 0.29) is 0 Å². The van der Waals surface area contributed by atoms with Crippen LogP contribution in [0.2, 0.25) is 0 Å². The Hall–Kier alpha value is -2.40. The fourth-order valence-corrected chi connectivity index (χ4v) is 3.78. The van der Waals surface area contributed by atoms with Gasteiger partial charge in [-0.3, -0.25) is 4.90 Å². The molecule has 2 aliphatic rings. The zero-order valence-electron chi connectivity index (χ0n) is 15.9. The predicted molar refractivity (Wildman–Crippen MR) is 102 cm³/mol. The van der Waals surface area contributed by atoms with Crippen molar-refractivity contribution in [2.45, 2.75) is 58.2 Å². The molecular formula is C22H25N3O2. The zero-order chi connectivity index (χ0) is 18.4. The van der Waals surface area contributed by atoms with E-state index in [2.05, 4.69) is 47.1 Å². The fraction of sp³-hybridized carbons (Fsp3) is 0.455. The Bertz CT molecular complexity index is 940. The highest BCUT2D eigenvalue weighted by molar-refractivity contribution is 5.58. The molecule has 2 unspecified atom stereocenters. The molecule has 0 aliphatic heterocycles. The van der Waals surface area contributed by atoms with Gasteiger partial charge in [-0.15, -0.1) is 0 Å². The van der Waals surface area contributed by atoms with Crippen molar-refractivity contribution in [1.29, 1.82) is 0 Å². The van der Waals surface area contributed by atoms with Gasteiger partial charge in [-0.1, -0.05) is 36.3 Å². The number of aromatic nitrogens is 2. The number of aryl methyl sites for hydroxylation is 1. The number of hydrogen-bond acceptors (Lipinski definition) is 5. The van der Waals surface area contributed by atoms with Gasteiger partial charge in [-0.2, -0.15) is 4.98 Å². The molecule has 2 fully saturated rings. The van der Waals surface area contributed by atoms with Crippen molar-refractivity contribution in [3.63, 3.8) is 0 Å². The second-order valence-electron chi connectivity index (χ2n) is 8.09. The minimum absolute atomic E-state index is 0.590. The Morgan fingerprint density at radius 2 is 1.93 bits per heavy atom. The summed E-state index contributed by atoms with van der Waals surface area (Å²) in [5, 5.41) is 4.19. The van der Waals surface area contributed by atoms with E-state index in [1.807, 2.05) is 18.2 Å². The van der Waals surface area contributed by atoms with Crippen LogP contribution in [0.1, 0.15) is 55.1 Å². The van der Waals surface area contributed by atoms with E-state index in [4.69, 9.17) is 8.94 Å². The molecule has 0 saturated heterocycles. The van der Waals surface area contributed by atoms with Gasteiger partial charge in [0.05, 0.1) is 13.1 Å². The molecule has 3 aromatic rings. The van der Waals surface area contributed by atoms with Gasteiger partial charge < -0.3 is 8.94 Å². The first-order valence-corrected chi connectivity index (χ1v) is 9.88. The van der Waals surface area contributed by atoms with Gasteiger partial charge in [0.15, 0.2) is 0 Å². The summed E-state index contributed by atoms with van der Waals surface area (Å²) in [5.41, 5.74) is 2.18. The van der Waals surface area contributed by atoms with Gasteiger partial charge >= 0.3 is 0 Å². The average Bonchev–Trinajstić information content (AvgIpc) is 3.54. The van der Waals surface area contributed by atoms with Gasteiger partial charge in [0.1, 0.15) is 11.5 Å².